The first-order valence-electron chi connectivity index (χ1n) is 15.9. The van der Waals surface area contributed by atoms with Crippen LogP contribution in [0, 0.1) is 35.5 Å². The molecule has 0 aliphatic heterocycles. The van der Waals surface area contributed by atoms with E-state index in [-0.39, 0.29) is 17.8 Å². The predicted molar refractivity (Wildman–Crippen MR) is 174 cm³/mol. The summed E-state index contributed by atoms with van der Waals surface area (Å²) in [6.07, 6.45) is 21.2. The van der Waals surface area contributed by atoms with Crippen LogP contribution in [-0.2, 0) is 9.22 Å². The fourth-order valence-corrected chi connectivity index (χ4v) is 17.7. The van der Waals surface area contributed by atoms with E-state index in [0.29, 0.717) is 32.9 Å². The molecule has 218 valence electrons. The first-order chi connectivity index (χ1) is 18.3. The fraction of sp³-hybridized carbons (Fsp3) is 0.903. The molecule has 3 unspecified atom stereocenters. The second-order valence-corrected chi connectivity index (χ2v) is 20.9. The molecule has 3 atom stereocenters. The summed E-state index contributed by atoms with van der Waals surface area (Å²) in [6.45, 7) is 8.97. The number of hydrogen-bond acceptors (Lipinski definition) is 6. The van der Waals surface area contributed by atoms with Gasteiger partial charge in [0, 0.05) is 0 Å². The van der Waals surface area contributed by atoms with E-state index >= 15 is 0 Å². The van der Waals surface area contributed by atoms with Gasteiger partial charge in [0.2, 0.25) is 0 Å². The summed E-state index contributed by atoms with van der Waals surface area (Å²) in [5, 5.41) is 2.06. The molecule has 0 saturated heterocycles. The molecule has 0 aromatic heterocycles. The van der Waals surface area contributed by atoms with Crippen LogP contribution in [0.1, 0.15) is 137 Å². The molecule has 0 spiro atoms. The molecule has 0 radical (unpaired) electrons. The second-order valence-electron chi connectivity index (χ2n) is 12.6. The Morgan fingerprint density at radius 3 is 1.13 bits per heavy atom. The van der Waals surface area contributed by atoms with Gasteiger partial charge in [0.1, 0.15) is 0 Å². The maximum absolute atomic E-state index is 6.89. The molecule has 0 heterocycles. The van der Waals surface area contributed by atoms with Gasteiger partial charge >= 0.3 is 257 Å². The third-order valence-corrected chi connectivity index (χ3v) is 19.7. The van der Waals surface area contributed by atoms with Crippen LogP contribution in [0.4, 0.5) is 0 Å². The van der Waals surface area contributed by atoms with E-state index in [4.69, 9.17) is 45.9 Å². The average molecular weight is 690 g/mol. The molecule has 0 N–H and O–H groups in total. The molecule has 3 aliphatic rings. The Balaban J connectivity index is 1.82. The summed E-state index contributed by atoms with van der Waals surface area (Å²) < 4.78 is 21.5. The normalized spacial score (nSPS) is 24.0. The second kappa shape index (κ2) is 16.8. The van der Waals surface area contributed by atoms with Crippen molar-refractivity contribution in [2.45, 2.75) is 141 Å². The topological polar surface area (TPSA) is 27.7 Å². The zero-order valence-electron chi connectivity index (χ0n) is 24.6. The van der Waals surface area contributed by atoms with Crippen molar-refractivity contribution in [3.8, 4) is 0 Å². The molecule has 3 fully saturated rings. The van der Waals surface area contributed by atoms with Crippen molar-refractivity contribution in [2.75, 3.05) is 0 Å². The van der Waals surface area contributed by atoms with E-state index in [1.165, 1.54) is 96.3 Å². The zero-order valence-corrected chi connectivity index (χ0v) is 29.9. The molecule has 38 heavy (non-hydrogen) atoms. The standard InChI is InChI=1S/3C9H16OS.C4H9.Sn/c3*1-7(9(10)11)8-5-3-2-4-6-8;1-3-4-2;/h3*7-8H,2-6H2,1H3,(H,10,11);1,3-4H2,2H3;/q;;;;+3/p-3. The van der Waals surface area contributed by atoms with Crippen LogP contribution in [0.25, 0.3) is 0 Å². The Morgan fingerprint density at radius 2 is 0.868 bits per heavy atom. The molecule has 3 nitrogen and oxygen atoms in total. The quantitative estimate of drug-likeness (QED) is 0.150. The third kappa shape index (κ3) is 9.79. The van der Waals surface area contributed by atoms with Crippen LogP contribution in [-0.4, -0.2) is 34.8 Å². The van der Waals surface area contributed by atoms with Crippen molar-refractivity contribution in [3.05, 3.63) is 0 Å². The van der Waals surface area contributed by atoms with E-state index in [1.54, 1.807) is 0 Å². The Bertz CT molecular complexity index is 664. The van der Waals surface area contributed by atoms with Crippen LogP contribution in [0.3, 0.4) is 0 Å². The Hall–Kier alpha value is 0.469. The third-order valence-electron chi connectivity index (χ3n) is 9.79. The Labute approximate surface area is 255 Å². The van der Waals surface area contributed by atoms with Crippen LogP contribution >= 0.6 is 36.7 Å². The predicted octanol–water partition coefficient (Wildman–Crippen LogP) is 10.4. The summed E-state index contributed by atoms with van der Waals surface area (Å²) in [7, 11) is 0. The van der Waals surface area contributed by atoms with E-state index < -0.39 is 19.6 Å². The van der Waals surface area contributed by atoms with Gasteiger partial charge < -0.3 is 0 Å². The minimum absolute atomic E-state index is 0.226. The summed E-state index contributed by atoms with van der Waals surface area (Å²) in [5.74, 6) is 2.45. The van der Waals surface area contributed by atoms with Gasteiger partial charge in [-0.1, -0.05) is 0 Å². The Morgan fingerprint density at radius 1 is 0.579 bits per heavy atom. The molecule has 0 amide bonds. The molecule has 3 saturated carbocycles. The van der Waals surface area contributed by atoms with Gasteiger partial charge in [-0.05, 0) is 0 Å². The monoisotopic (exact) mass is 690 g/mol. The van der Waals surface area contributed by atoms with Gasteiger partial charge in [-0.25, -0.2) is 0 Å². The van der Waals surface area contributed by atoms with E-state index in [0.717, 1.165) is 17.3 Å². The van der Waals surface area contributed by atoms with Crippen molar-refractivity contribution in [3.63, 3.8) is 0 Å². The summed E-state index contributed by atoms with van der Waals surface area (Å²) in [4.78, 5) is 0. The van der Waals surface area contributed by atoms with Crippen LogP contribution < -0.4 is 0 Å². The van der Waals surface area contributed by atoms with Crippen molar-refractivity contribution in [1.82, 2.24) is 0 Å². The molecule has 3 rings (SSSR count). The van der Waals surface area contributed by atoms with Crippen molar-refractivity contribution < 1.29 is 9.22 Å². The SMILES string of the molecule is CCC[CH2][Sn]([O]C(=S)C(C)C1CCCCC1)([O]C(=S)C(C)C1CCCCC1)[O]C(=S)C(C)C1CCCCC1. The number of thiocarbonyl (C=S) groups is 3. The molecule has 0 bridgehead atoms. The summed E-state index contributed by atoms with van der Waals surface area (Å²) in [5.41, 5.74) is 0. The van der Waals surface area contributed by atoms with Gasteiger partial charge in [0.15, 0.2) is 0 Å². The fourth-order valence-electron chi connectivity index (χ4n) is 6.83. The molecular formula is C31H54O3S3Sn. The van der Waals surface area contributed by atoms with Gasteiger partial charge in [0.05, 0.1) is 0 Å². The molecule has 0 aromatic carbocycles. The van der Waals surface area contributed by atoms with Crippen molar-refractivity contribution in [1.29, 1.82) is 0 Å². The van der Waals surface area contributed by atoms with Gasteiger partial charge in [-0.3, -0.25) is 0 Å². The average Bonchev–Trinajstić information content (AvgIpc) is 2.96. The number of rotatable bonds is 12. The van der Waals surface area contributed by atoms with E-state index in [2.05, 4.69) is 27.7 Å². The first kappa shape index (κ1) is 33.0. The summed E-state index contributed by atoms with van der Waals surface area (Å²) >= 11 is 13.8. The molecular weight excluding hydrogens is 635 g/mol. The first-order valence-corrected chi connectivity index (χ1v) is 22.7. The van der Waals surface area contributed by atoms with Gasteiger partial charge in [0.25, 0.3) is 0 Å². The van der Waals surface area contributed by atoms with E-state index in [9.17, 15) is 0 Å². The van der Waals surface area contributed by atoms with E-state index in [1.807, 2.05) is 0 Å². The van der Waals surface area contributed by atoms with Crippen LogP contribution in [0.2, 0.25) is 4.44 Å². The van der Waals surface area contributed by atoms with Gasteiger partial charge in [-0.2, -0.15) is 0 Å². The maximum atomic E-state index is 6.89. The van der Waals surface area contributed by atoms with Crippen molar-refractivity contribution in [2.24, 2.45) is 35.5 Å². The minimum atomic E-state index is -4.30. The number of unbranched alkanes of at least 4 members (excludes halogenated alkanes) is 1. The van der Waals surface area contributed by atoms with Crippen molar-refractivity contribution >= 4 is 71.4 Å². The molecule has 0 aromatic rings. The zero-order chi connectivity index (χ0) is 27.5. The molecule has 7 heteroatoms. The van der Waals surface area contributed by atoms with Crippen LogP contribution in [0.5, 0.6) is 0 Å². The van der Waals surface area contributed by atoms with Gasteiger partial charge in [-0.15, -0.1) is 0 Å². The van der Waals surface area contributed by atoms with Crippen LogP contribution in [0.15, 0.2) is 0 Å². The molecule has 3 aliphatic carbocycles. The Kier molecular flexibility index (Phi) is 14.6. The number of hydrogen-bond donors (Lipinski definition) is 0. The summed E-state index contributed by atoms with van der Waals surface area (Å²) in [6, 6.07) is 0.